The molecule has 2 amide bonds. The van der Waals surface area contributed by atoms with Gasteiger partial charge in [0.2, 0.25) is 5.91 Å². The van der Waals surface area contributed by atoms with Crippen molar-refractivity contribution < 1.29 is 14.3 Å². The van der Waals surface area contributed by atoms with E-state index in [0.717, 1.165) is 25.9 Å². The number of hydrogen-bond donors (Lipinski definition) is 1. The van der Waals surface area contributed by atoms with Gasteiger partial charge in [-0.2, -0.15) is 0 Å². The summed E-state index contributed by atoms with van der Waals surface area (Å²) in [6, 6.07) is 0. The van der Waals surface area contributed by atoms with Crippen LogP contribution < -0.4 is 5.73 Å². The molecule has 0 unspecified atom stereocenters. The number of piperazine rings is 1. The maximum atomic E-state index is 12.1. The van der Waals surface area contributed by atoms with Crippen LogP contribution in [0.1, 0.15) is 46.5 Å². The van der Waals surface area contributed by atoms with E-state index in [1.165, 1.54) is 6.42 Å². The highest BCUT2D eigenvalue weighted by Crippen LogP contribution is 2.12. The van der Waals surface area contributed by atoms with Crippen molar-refractivity contribution in [3.63, 3.8) is 0 Å². The fourth-order valence-electron chi connectivity index (χ4n) is 3.11. The molecule has 2 aliphatic rings. The van der Waals surface area contributed by atoms with E-state index in [4.69, 9.17) is 10.5 Å². The van der Waals surface area contributed by atoms with Gasteiger partial charge in [0.25, 0.3) is 0 Å². The molecule has 0 atom stereocenters. The predicted molar refractivity (Wildman–Crippen MR) is 116 cm³/mol. The lowest BCUT2D eigenvalue weighted by atomic mass is 10.1. The summed E-state index contributed by atoms with van der Waals surface area (Å²) in [5, 5.41) is 0. The Balaban J connectivity index is 0.00000364. The standard InChI is InChI=1S/C18H33N5O3.HI/c1-18(2,3)26-17(25)23-13-11-22(12-14-23)16(19)20-8-7-15(24)21-9-5-4-6-10-21;/h4-14H2,1-3H3,(H2,19,20);1H. The third-order valence-corrected chi connectivity index (χ3v) is 4.56. The SMILES string of the molecule is CC(C)(C)OC(=O)N1CCN(C(N)=NCCC(=O)N2CCCCC2)CC1.I. The number of halogens is 1. The molecule has 2 N–H and O–H groups in total. The third-order valence-electron chi connectivity index (χ3n) is 4.56. The van der Waals surface area contributed by atoms with Gasteiger partial charge in [0.1, 0.15) is 5.60 Å². The highest BCUT2D eigenvalue weighted by Gasteiger charge is 2.26. The van der Waals surface area contributed by atoms with Gasteiger partial charge in [-0.15, -0.1) is 24.0 Å². The van der Waals surface area contributed by atoms with Crippen molar-refractivity contribution in [3.8, 4) is 0 Å². The largest absolute Gasteiger partial charge is 0.444 e. The van der Waals surface area contributed by atoms with Gasteiger partial charge in [-0.1, -0.05) is 0 Å². The topological polar surface area (TPSA) is 91.5 Å². The molecule has 156 valence electrons. The highest BCUT2D eigenvalue weighted by atomic mass is 127. The van der Waals surface area contributed by atoms with E-state index >= 15 is 0 Å². The Morgan fingerprint density at radius 2 is 1.48 bits per heavy atom. The molecule has 0 aliphatic carbocycles. The molecule has 0 spiro atoms. The number of aliphatic imine (C=N–C) groups is 1. The number of ether oxygens (including phenoxy) is 1. The van der Waals surface area contributed by atoms with E-state index in [1.54, 1.807) is 4.90 Å². The number of amides is 2. The van der Waals surface area contributed by atoms with Crippen molar-refractivity contribution in [2.75, 3.05) is 45.8 Å². The lowest BCUT2D eigenvalue weighted by molar-refractivity contribution is -0.131. The Kier molecular flexibility index (Phi) is 9.61. The Hall–Kier alpha value is -1.26. The monoisotopic (exact) mass is 495 g/mol. The molecule has 2 heterocycles. The summed E-state index contributed by atoms with van der Waals surface area (Å²) in [6.07, 6.45) is 3.51. The van der Waals surface area contributed by atoms with Crippen LogP contribution in [-0.2, 0) is 9.53 Å². The van der Waals surface area contributed by atoms with Gasteiger partial charge in [0.05, 0.1) is 6.54 Å². The molecule has 2 aliphatic heterocycles. The molecule has 0 radical (unpaired) electrons. The zero-order valence-electron chi connectivity index (χ0n) is 16.8. The Morgan fingerprint density at radius 1 is 0.926 bits per heavy atom. The number of carbonyl (C=O) groups excluding carboxylic acids is 2. The van der Waals surface area contributed by atoms with Crippen molar-refractivity contribution in [1.29, 1.82) is 0 Å². The van der Waals surface area contributed by atoms with Crippen molar-refractivity contribution in [2.24, 2.45) is 10.7 Å². The number of likely N-dealkylation sites (tertiary alicyclic amines) is 1. The fourth-order valence-corrected chi connectivity index (χ4v) is 3.11. The molecule has 0 saturated carbocycles. The molecule has 0 bridgehead atoms. The van der Waals surface area contributed by atoms with Gasteiger partial charge in [-0.3, -0.25) is 9.79 Å². The maximum Gasteiger partial charge on any atom is 0.410 e. The quantitative estimate of drug-likeness (QED) is 0.367. The van der Waals surface area contributed by atoms with E-state index < -0.39 is 5.60 Å². The van der Waals surface area contributed by atoms with Crippen LogP contribution >= 0.6 is 24.0 Å². The minimum atomic E-state index is -0.490. The first-order valence-corrected chi connectivity index (χ1v) is 9.57. The number of hydrogen-bond acceptors (Lipinski definition) is 4. The minimum Gasteiger partial charge on any atom is -0.444 e. The molecule has 0 aromatic heterocycles. The molecule has 0 aromatic rings. The molecule has 2 saturated heterocycles. The van der Waals surface area contributed by atoms with Crippen LogP contribution in [-0.4, -0.2) is 84.1 Å². The zero-order chi connectivity index (χ0) is 19.2. The minimum absolute atomic E-state index is 0. The van der Waals surface area contributed by atoms with Crippen LogP contribution in [0.2, 0.25) is 0 Å². The molecule has 8 nitrogen and oxygen atoms in total. The summed E-state index contributed by atoms with van der Waals surface area (Å²) in [4.78, 5) is 34.1. The summed E-state index contributed by atoms with van der Waals surface area (Å²) in [6.45, 7) is 10.1. The fraction of sp³-hybridized carbons (Fsp3) is 0.833. The first-order chi connectivity index (χ1) is 12.3. The Labute approximate surface area is 179 Å². The number of nitrogens with zero attached hydrogens (tertiary/aromatic N) is 4. The van der Waals surface area contributed by atoms with Crippen LogP contribution in [0.25, 0.3) is 0 Å². The van der Waals surface area contributed by atoms with E-state index in [0.29, 0.717) is 45.1 Å². The van der Waals surface area contributed by atoms with Crippen LogP contribution in [0.5, 0.6) is 0 Å². The highest BCUT2D eigenvalue weighted by molar-refractivity contribution is 14.0. The van der Waals surface area contributed by atoms with Gasteiger partial charge in [-0.05, 0) is 40.0 Å². The number of guanidine groups is 1. The summed E-state index contributed by atoms with van der Waals surface area (Å²) >= 11 is 0. The summed E-state index contributed by atoms with van der Waals surface area (Å²) in [5.41, 5.74) is 5.56. The van der Waals surface area contributed by atoms with Crippen molar-refractivity contribution in [2.45, 2.75) is 52.1 Å². The molecular formula is C18H34IN5O3. The number of nitrogens with two attached hydrogens (primary N) is 1. The lowest BCUT2D eigenvalue weighted by Crippen LogP contribution is -2.53. The van der Waals surface area contributed by atoms with Crippen LogP contribution in [0.15, 0.2) is 4.99 Å². The maximum absolute atomic E-state index is 12.1. The normalized spacial score (nSPS) is 18.8. The third kappa shape index (κ3) is 8.10. The van der Waals surface area contributed by atoms with E-state index in [2.05, 4.69) is 4.99 Å². The van der Waals surface area contributed by atoms with E-state index in [9.17, 15) is 9.59 Å². The molecule has 2 fully saturated rings. The summed E-state index contributed by atoms with van der Waals surface area (Å²) in [5.74, 6) is 0.608. The van der Waals surface area contributed by atoms with Crippen molar-refractivity contribution in [3.05, 3.63) is 0 Å². The summed E-state index contributed by atoms with van der Waals surface area (Å²) < 4.78 is 5.39. The number of rotatable bonds is 3. The van der Waals surface area contributed by atoms with Crippen molar-refractivity contribution >= 4 is 41.9 Å². The Bertz CT molecular complexity index is 522. The number of piperidine rings is 1. The summed E-state index contributed by atoms with van der Waals surface area (Å²) in [7, 11) is 0. The van der Waals surface area contributed by atoms with Gasteiger partial charge >= 0.3 is 6.09 Å². The molecule has 0 aromatic carbocycles. The van der Waals surface area contributed by atoms with Gasteiger partial charge in [0.15, 0.2) is 5.96 Å². The molecular weight excluding hydrogens is 461 g/mol. The molecule has 2 rings (SSSR count). The second kappa shape index (κ2) is 10.9. The average Bonchev–Trinajstić information content (AvgIpc) is 2.61. The predicted octanol–water partition coefficient (Wildman–Crippen LogP) is 1.87. The first-order valence-electron chi connectivity index (χ1n) is 9.57. The van der Waals surface area contributed by atoms with Crippen molar-refractivity contribution in [1.82, 2.24) is 14.7 Å². The van der Waals surface area contributed by atoms with Gasteiger partial charge in [-0.25, -0.2) is 4.79 Å². The zero-order valence-corrected chi connectivity index (χ0v) is 19.1. The first kappa shape index (κ1) is 23.8. The van der Waals surface area contributed by atoms with Gasteiger partial charge in [0, 0.05) is 45.7 Å². The molecule has 9 heteroatoms. The van der Waals surface area contributed by atoms with Crippen LogP contribution in [0.4, 0.5) is 4.79 Å². The Morgan fingerprint density at radius 3 is 2.04 bits per heavy atom. The van der Waals surface area contributed by atoms with Gasteiger partial charge < -0.3 is 25.2 Å². The average molecular weight is 495 g/mol. The second-order valence-electron chi connectivity index (χ2n) is 7.89. The smallest absolute Gasteiger partial charge is 0.410 e. The lowest BCUT2D eigenvalue weighted by Gasteiger charge is -2.36. The molecule has 27 heavy (non-hydrogen) atoms. The van der Waals surface area contributed by atoms with E-state index in [-0.39, 0.29) is 36.0 Å². The number of carbonyl (C=O) groups is 2. The second-order valence-corrected chi connectivity index (χ2v) is 7.89. The van der Waals surface area contributed by atoms with Crippen LogP contribution in [0, 0.1) is 0 Å². The van der Waals surface area contributed by atoms with E-state index in [1.807, 2.05) is 30.6 Å². The van der Waals surface area contributed by atoms with Crippen LogP contribution in [0.3, 0.4) is 0 Å².